The average Bonchev–Trinajstić information content (AvgIpc) is 2.68. The molecule has 2 rings (SSSR count). The number of aliphatic imine (C=N–C) groups is 1. The van der Waals surface area contributed by atoms with Crippen LogP contribution < -0.4 is 16.0 Å². The molecule has 0 bridgehead atoms. The Kier molecular flexibility index (Phi) is 9.07. The summed E-state index contributed by atoms with van der Waals surface area (Å²) in [5.41, 5.74) is 1.11. The highest BCUT2D eigenvalue weighted by Crippen LogP contribution is 2.10. The van der Waals surface area contributed by atoms with E-state index >= 15 is 0 Å². The lowest BCUT2D eigenvalue weighted by Crippen LogP contribution is -2.50. The van der Waals surface area contributed by atoms with E-state index in [9.17, 15) is 9.90 Å². The molecule has 150 valence electrons. The zero-order valence-electron chi connectivity index (χ0n) is 16.4. The van der Waals surface area contributed by atoms with E-state index in [1.165, 1.54) is 0 Å². The summed E-state index contributed by atoms with van der Waals surface area (Å²) in [4.78, 5) is 18.2. The molecular weight excluding hydrogens is 342 g/mol. The normalized spacial score (nSPS) is 17.4. The Labute approximate surface area is 162 Å². The molecular formula is C20H33N5O2. The molecule has 1 aliphatic rings. The molecule has 1 heterocycles. The number of likely N-dealkylation sites (N-methyl/N-ethyl adjacent to an activating group) is 1. The standard InChI is InChI=1S/C20H33N5O2/c1-3-22-20(23-14-18(26)13-16-7-5-4-6-8-16)24-17-9-11-25(12-10-17)15-19(27)21-2/h4-8,17-18,26H,3,9-15H2,1-2H3,(H,21,27)(H2,22,23,24). The van der Waals surface area contributed by atoms with Crippen molar-refractivity contribution in [2.75, 3.05) is 39.8 Å². The van der Waals surface area contributed by atoms with Gasteiger partial charge in [-0.25, -0.2) is 0 Å². The van der Waals surface area contributed by atoms with E-state index in [2.05, 4.69) is 25.8 Å². The number of aliphatic hydroxyl groups is 1. The van der Waals surface area contributed by atoms with Crippen LogP contribution in [0.3, 0.4) is 0 Å². The van der Waals surface area contributed by atoms with Crippen LogP contribution in [0.4, 0.5) is 0 Å². The molecule has 1 unspecified atom stereocenters. The molecule has 0 saturated carbocycles. The fraction of sp³-hybridized carbons (Fsp3) is 0.600. The van der Waals surface area contributed by atoms with E-state index in [4.69, 9.17) is 0 Å². The molecule has 1 aromatic rings. The molecule has 1 aromatic carbocycles. The SMILES string of the molecule is CCNC(=NCC(O)Cc1ccccc1)NC1CCN(CC(=O)NC)CC1. The highest BCUT2D eigenvalue weighted by atomic mass is 16.3. The van der Waals surface area contributed by atoms with Crippen molar-refractivity contribution in [2.45, 2.75) is 38.3 Å². The van der Waals surface area contributed by atoms with Gasteiger partial charge in [0.2, 0.25) is 5.91 Å². The van der Waals surface area contributed by atoms with Crippen molar-refractivity contribution in [1.82, 2.24) is 20.9 Å². The van der Waals surface area contributed by atoms with Crippen LogP contribution in [0.2, 0.25) is 0 Å². The number of carbonyl (C=O) groups excluding carboxylic acids is 1. The molecule has 1 atom stereocenters. The van der Waals surface area contributed by atoms with Gasteiger partial charge in [0.25, 0.3) is 0 Å². The molecule has 4 N–H and O–H groups in total. The summed E-state index contributed by atoms with van der Waals surface area (Å²) in [5.74, 6) is 0.804. The molecule has 0 aliphatic carbocycles. The number of piperidine rings is 1. The van der Waals surface area contributed by atoms with Gasteiger partial charge in [-0.1, -0.05) is 30.3 Å². The number of carbonyl (C=O) groups is 1. The van der Waals surface area contributed by atoms with Crippen molar-refractivity contribution in [1.29, 1.82) is 0 Å². The van der Waals surface area contributed by atoms with Gasteiger partial charge >= 0.3 is 0 Å². The first-order chi connectivity index (χ1) is 13.1. The molecule has 7 nitrogen and oxygen atoms in total. The van der Waals surface area contributed by atoms with Crippen LogP contribution in [-0.4, -0.2) is 73.8 Å². The number of amides is 1. The summed E-state index contributed by atoms with van der Waals surface area (Å²) in [6.45, 7) is 5.41. The minimum absolute atomic E-state index is 0.0590. The van der Waals surface area contributed by atoms with Crippen molar-refractivity contribution in [3.05, 3.63) is 35.9 Å². The Balaban J connectivity index is 1.79. The topological polar surface area (TPSA) is 89.0 Å². The van der Waals surface area contributed by atoms with Crippen molar-refractivity contribution in [3.63, 3.8) is 0 Å². The highest BCUT2D eigenvalue weighted by molar-refractivity contribution is 5.80. The second kappa shape index (κ2) is 11.6. The maximum atomic E-state index is 11.5. The lowest BCUT2D eigenvalue weighted by atomic mass is 10.1. The van der Waals surface area contributed by atoms with Gasteiger partial charge < -0.3 is 21.1 Å². The average molecular weight is 376 g/mol. The number of hydrogen-bond donors (Lipinski definition) is 4. The molecule has 0 aromatic heterocycles. The number of hydrogen-bond acceptors (Lipinski definition) is 4. The second-order valence-electron chi connectivity index (χ2n) is 6.93. The fourth-order valence-corrected chi connectivity index (χ4v) is 3.18. The van der Waals surface area contributed by atoms with Crippen LogP contribution in [0.5, 0.6) is 0 Å². The zero-order chi connectivity index (χ0) is 19.5. The van der Waals surface area contributed by atoms with E-state index in [0.29, 0.717) is 25.6 Å². The first-order valence-electron chi connectivity index (χ1n) is 9.80. The van der Waals surface area contributed by atoms with E-state index in [1.807, 2.05) is 37.3 Å². The predicted molar refractivity (Wildman–Crippen MR) is 109 cm³/mol. The van der Waals surface area contributed by atoms with Gasteiger partial charge in [-0.15, -0.1) is 0 Å². The molecule has 27 heavy (non-hydrogen) atoms. The van der Waals surface area contributed by atoms with Gasteiger partial charge in [0.05, 0.1) is 19.2 Å². The summed E-state index contributed by atoms with van der Waals surface area (Å²) in [6, 6.07) is 10.3. The third-order valence-electron chi connectivity index (χ3n) is 4.69. The maximum Gasteiger partial charge on any atom is 0.233 e. The molecule has 1 aliphatic heterocycles. The van der Waals surface area contributed by atoms with Crippen LogP contribution in [-0.2, 0) is 11.2 Å². The number of rotatable bonds is 8. The summed E-state index contributed by atoms with van der Waals surface area (Å²) in [6.07, 6.45) is 2.03. The van der Waals surface area contributed by atoms with Crippen molar-refractivity contribution < 1.29 is 9.90 Å². The lowest BCUT2D eigenvalue weighted by Gasteiger charge is -2.32. The summed E-state index contributed by atoms with van der Waals surface area (Å²) < 4.78 is 0. The molecule has 1 amide bonds. The molecule has 1 fully saturated rings. The molecule has 0 spiro atoms. The molecule has 0 radical (unpaired) electrons. The molecule has 7 heteroatoms. The number of guanidine groups is 1. The Bertz CT molecular complexity index is 585. The van der Waals surface area contributed by atoms with Crippen LogP contribution >= 0.6 is 0 Å². The van der Waals surface area contributed by atoms with Crippen LogP contribution in [0.15, 0.2) is 35.3 Å². The highest BCUT2D eigenvalue weighted by Gasteiger charge is 2.21. The smallest absolute Gasteiger partial charge is 0.233 e. The minimum atomic E-state index is -0.503. The first kappa shape index (κ1) is 21.2. The van der Waals surface area contributed by atoms with Gasteiger partial charge in [0.1, 0.15) is 0 Å². The number of aliphatic hydroxyl groups excluding tert-OH is 1. The maximum absolute atomic E-state index is 11.5. The summed E-state index contributed by atoms with van der Waals surface area (Å²) >= 11 is 0. The summed E-state index contributed by atoms with van der Waals surface area (Å²) in [5, 5.41) is 19.6. The largest absolute Gasteiger partial charge is 0.391 e. The van der Waals surface area contributed by atoms with Gasteiger partial charge in [-0.3, -0.25) is 14.7 Å². The monoisotopic (exact) mass is 375 g/mol. The van der Waals surface area contributed by atoms with Crippen molar-refractivity contribution in [3.8, 4) is 0 Å². The number of likely N-dealkylation sites (tertiary alicyclic amines) is 1. The number of nitrogens with zero attached hydrogens (tertiary/aromatic N) is 2. The minimum Gasteiger partial charge on any atom is -0.391 e. The van der Waals surface area contributed by atoms with E-state index in [-0.39, 0.29) is 5.91 Å². The van der Waals surface area contributed by atoms with Gasteiger partial charge in [0, 0.05) is 39.1 Å². The Morgan fingerprint density at radius 1 is 1.30 bits per heavy atom. The predicted octanol–water partition coefficient (Wildman–Crippen LogP) is 0.356. The molecule has 1 saturated heterocycles. The zero-order valence-corrected chi connectivity index (χ0v) is 16.4. The van der Waals surface area contributed by atoms with Crippen molar-refractivity contribution in [2.24, 2.45) is 4.99 Å². The number of benzene rings is 1. The lowest BCUT2D eigenvalue weighted by molar-refractivity contribution is -0.122. The Morgan fingerprint density at radius 2 is 2.00 bits per heavy atom. The van der Waals surface area contributed by atoms with Gasteiger partial charge in [0.15, 0.2) is 5.96 Å². The van der Waals surface area contributed by atoms with E-state index in [0.717, 1.165) is 44.0 Å². The quantitative estimate of drug-likeness (QED) is 0.389. The Hall–Kier alpha value is -2.12. The number of nitrogens with one attached hydrogen (secondary N) is 3. The third kappa shape index (κ3) is 7.97. The Morgan fingerprint density at radius 3 is 2.63 bits per heavy atom. The second-order valence-corrected chi connectivity index (χ2v) is 6.93. The van der Waals surface area contributed by atoms with E-state index < -0.39 is 6.10 Å². The van der Waals surface area contributed by atoms with Gasteiger partial charge in [-0.05, 0) is 25.3 Å². The van der Waals surface area contributed by atoms with E-state index in [1.54, 1.807) is 7.05 Å². The van der Waals surface area contributed by atoms with Gasteiger partial charge in [-0.2, -0.15) is 0 Å². The summed E-state index contributed by atoms with van der Waals surface area (Å²) in [7, 11) is 1.67. The van der Waals surface area contributed by atoms with Crippen LogP contribution in [0.25, 0.3) is 0 Å². The fourth-order valence-electron chi connectivity index (χ4n) is 3.18. The van der Waals surface area contributed by atoms with Crippen molar-refractivity contribution >= 4 is 11.9 Å². The third-order valence-corrected chi connectivity index (χ3v) is 4.69. The van der Waals surface area contributed by atoms with Crippen LogP contribution in [0.1, 0.15) is 25.3 Å². The first-order valence-corrected chi connectivity index (χ1v) is 9.80. The van der Waals surface area contributed by atoms with Crippen LogP contribution in [0, 0.1) is 0 Å².